The molecule has 0 radical (unpaired) electrons. The van der Waals surface area contributed by atoms with Crippen molar-refractivity contribution in [2.45, 2.75) is 39.2 Å². The molecule has 0 aliphatic heterocycles. The highest BCUT2D eigenvalue weighted by molar-refractivity contribution is 5.76. The van der Waals surface area contributed by atoms with Gasteiger partial charge in [0.2, 0.25) is 5.91 Å². The number of benzene rings is 1. The molecule has 1 aromatic rings. The third-order valence-corrected chi connectivity index (χ3v) is 2.27. The molecule has 1 N–H and O–H groups in total. The van der Waals surface area contributed by atoms with Crippen molar-refractivity contribution in [3.63, 3.8) is 0 Å². The van der Waals surface area contributed by atoms with Crippen LogP contribution in [-0.4, -0.2) is 11.9 Å². The Kier molecular flexibility index (Phi) is 4.88. The van der Waals surface area contributed by atoms with E-state index < -0.39 is 0 Å². The van der Waals surface area contributed by atoms with Crippen LogP contribution >= 0.6 is 0 Å². The molecular weight excluding hydrogens is 186 g/mol. The fourth-order valence-corrected chi connectivity index (χ4v) is 1.59. The zero-order valence-electron chi connectivity index (χ0n) is 9.49. The molecule has 2 heteroatoms. The fourth-order valence-electron chi connectivity index (χ4n) is 1.59. The van der Waals surface area contributed by atoms with Gasteiger partial charge in [0.15, 0.2) is 0 Å². The van der Waals surface area contributed by atoms with E-state index in [0.29, 0.717) is 6.42 Å². The standard InChI is InChI=1S/C13H19NO/c1-3-7-13(15)14-11(2)10-12-8-5-4-6-9-12/h4-6,8-9,11H,3,7,10H2,1-2H3,(H,14,15)/t11-/m1/s1. The molecule has 1 rings (SSSR count). The molecule has 15 heavy (non-hydrogen) atoms. The first-order chi connectivity index (χ1) is 7.22. The van der Waals surface area contributed by atoms with E-state index in [2.05, 4.69) is 17.4 Å². The third-order valence-electron chi connectivity index (χ3n) is 2.27. The molecule has 0 aliphatic carbocycles. The minimum Gasteiger partial charge on any atom is -0.353 e. The summed E-state index contributed by atoms with van der Waals surface area (Å²) in [5.74, 6) is 0.154. The van der Waals surface area contributed by atoms with Gasteiger partial charge in [-0.15, -0.1) is 0 Å². The lowest BCUT2D eigenvalue weighted by atomic mass is 10.1. The van der Waals surface area contributed by atoms with E-state index in [1.807, 2.05) is 32.0 Å². The molecule has 1 atom stereocenters. The van der Waals surface area contributed by atoms with Crippen molar-refractivity contribution in [3.05, 3.63) is 35.9 Å². The molecule has 0 aliphatic rings. The molecule has 2 nitrogen and oxygen atoms in total. The van der Waals surface area contributed by atoms with Crippen LogP contribution in [0.3, 0.4) is 0 Å². The topological polar surface area (TPSA) is 29.1 Å². The Morgan fingerprint density at radius 2 is 2.00 bits per heavy atom. The van der Waals surface area contributed by atoms with Crippen LogP contribution in [0.25, 0.3) is 0 Å². The number of carbonyl (C=O) groups is 1. The van der Waals surface area contributed by atoms with Gasteiger partial charge in [0, 0.05) is 12.5 Å². The van der Waals surface area contributed by atoms with E-state index in [-0.39, 0.29) is 11.9 Å². The minimum atomic E-state index is 0.154. The van der Waals surface area contributed by atoms with Gasteiger partial charge in [-0.3, -0.25) is 4.79 Å². The summed E-state index contributed by atoms with van der Waals surface area (Å²) in [6.07, 6.45) is 2.43. The molecule has 82 valence electrons. The van der Waals surface area contributed by atoms with E-state index in [1.54, 1.807) is 0 Å². The summed E-state index contributed by atoms with van der Waals surface area (Å²) in [6, 6.07) is 10.4. The van der Waals surface area contributed by atoms with Crippen molar-refractivity contribution in [1.29, 1.82) is 0 Å². The van der Waals surface area contributed by atoms with Crippen LogP contribution in [0, 0.1) is 0 Å². The average Bonchev–Trinajstić information content (AvgIpc) is 2.19. The first-order valence-corrected chi connectivity index (χ1v) is 5.55. The van der Waals surface area contributed by atoms with E-state index >= 15 is 0 Å². The summed E-state index contributed by atoms with van der Waals surface area (Å²) < 4.78 is 0. The minimum absolute atomic E-state index is 0.154. The summed E-state index contributed by atoms with van der Waals surface area (Å²) >= 11 is 0. The fraction of sp³-hybridized carbons (Fsp3) is 0.462. The van der Waals surface area contributed by atoms with Crippen molar-refractivity contribution in [2.75, 3.05) is 0 Å². The van der Waals surface area contributed by atoms with Gasteiger partial charge in [0.25, 0.3) is 0 Å². The van der Waals surface area contributed by atoms with E-state index in [4.69, 9.17) is 0 Å². The highest BCUT2D eigenvalue weighted by atomic mass is 16.1. The Hall–Kier alpha value is -1.31. The molecule has 0 aromatic heterocycles. The van der Waals surface area contributed by atoms with E-state index in [1.165, 1.54) is 5.56 Å². The molecule has 0 bridgehead atoms. The van der Waals surface area contributed by atoms with Gasteiger partial charge < -0.3 is 5.32 Å². The first-order valence-electron chi connectivity index (χ1n) is 5.55. The van der Waals surface area contributed by atoms with Gasteiger partial charge >= 0.3 is 0 Å². The van der Waals surface area contributed by atoms with E-state index in [0.717, 1.165) is 12.8 Å². The SMILES string of the molecule is CCCC(=O)N[C@H](C)Cc1ccccc1. The summed E-state index contributed by atoms with van der Waals surface area (Å²) in [6.45, 7) is 4.06. The number of nitrogens with one attached hydrogen (secondary N) is 1. The Morgan fingerprint density at radius 1 is 1.33 bits per heavy atom. The van der Waals surface area contributed by atoms with Gasteiger partial charge in [-0.2, -0.15) is 0 Å². The zero-order chi connectivity index (χ0) is 11.1. The number of rotatable bonds is 5. The van der Waals surface area contributed by atoms with Crippen molar-refractivity contribution in [1.82, 2.24) is 5.32 Å². The highest BCUT2D eigenvalue weighted by Gasteiger charge is 2.06. The molecule has 0 fully saturated rings. The van der Waals surface area contributed by atoms with Crippen molar-refractivity contribution < 1.29 is 4.79 Å². The monoisotopic (exact) mass is 205 g/mol. The van der Waals surface area contributed by atoms with Gasteiger partial charge in [0.1, 0.15) is 0 Å². The summed E-state index contributed by atoms with van der Waals surface area (Å²) in [5.41, 5.74) is 1.27. The lowest BCUT2D eigenvalue weighted by molar-refractivity contribution is -0.121. The lowest BCUT2D eigenvalue weighted by Gasteiger charge is -2.13. The largest absolute Gasteiger partial charge is 0.353 e. The van der Waals surface area contributed by atoms with Crippen molar-refractivity contribution >= 4 is 5.91 Å². The quantitative estimate of drug-likeness (QED) is 0.786. The number of amides is 1. The van der Waals surface area contributed by atoms with Crippen molar-refractivity contribution in [3.8, 4) is 0 Å². The van der Waals surface area contributed by atoms with Crippen LogP contribution in [0.2, 0.25) is 0 Å². The Morgan fingerprint density at radius 3 is 2.60 bits per heavy atom. The van der Waals surface area contributed by atoms with Crippen LogP contribution in [0.1, 0.15) is 32.3 Å². The lowest BCUT2D eigenvalue weighted by Crippen LogP contribution is -2.33. The number of hydrogen-bond donors (Lipinski definition) is 1. The average molecular weight is 205 g/mol. The third kappa shape index (κ3) is 4.63. The molecule has 0 saturated carbocycles. The first kappa shape index (κ1) is 11.8. The summed E-state index contributed by atoms with van der Waals surface area (Å²) in [5, 5.41) is 2.99. The maximum atomic E-state index is 11.3. The second-order valence-corrected chi connectivity index (χ2v) is 3.91. The predicted molar refractivity (Wildman–Crippen MR) is 62.7 cm³/mol. The molecule has 0 heterocycles. The molecule has 0 spiro atoms. The van der Waals surface area contributed by atoms with Gasteiger partial charge in [-0.1, -0.05) is 37.3 Å². The van der Waals surface area contributed by atoms with Crippen LogP contribution in [0.4, 0.5) is 0 Å². The summed E-state index contributed by atoms with van der Waals surface area (Å²) in [7, 11) is 0. The van der Waals surface area contributed by atoms with Crippen LogP contribution in [0.5, 0.6) is 0 Å². The molecular formula is C13H19NO. The van der Waals surface area contributed by atoms with Gasteiger partial charge in [-0.05, 0) is 25.3 Å². The molecule has 1 amide bonds. The highest BCUT2D eigenvalue weighted by Crippen LogP contribution is 2.02. The molecule has 1 aromatic carbocycles. The molecule has 0 saturated heterocycles. The van der Waals surface area contributed by atoms with Crippen LogP contribution in [0.15, 0.2) is 30.3 Å². The number of carbonyl (C=O) groups excluding carboxylic acids is 1. The predicted octanol–water partition coefficient (Wildman–Crippen LogP) is 2.53. The summed E-state index contributed by atoms with van der Waals surface area (Å²) in [4.78, 5) is 11.3. The zero-order valence-corrected chi connectivity index (χ0v) is 9.49. The maximum absolute atomic E-state index is 11.3. The Labute approximate surface area is 91.7 Å². The smallest absolute Gasteiger partial charge is 0.220 e. The Bertz CT molecular complexity index is 295. The van der Waals surface area contributed by atoms with Crippen molar-refractivity contribution in [2.24, 2.45) is 0 Å². The normalized spacial score (nSPS) is 12.1. The van der Waals surface area contributed by atoms with Crippen LogP contribution < -0.4 is 5.32 Å². The van der Waals surface area contributed by atoms with Crippen LogP contribution in [-0.2, 0) is 11.2 Å². The second kappa shape index (κ2) is 6.23. The molecule has 0 unspecified atom stereocenters. The van der Waals surface area contributed by atoms with Gasteiger partial charge in [0.05, 0.1) is 0 Å². The Balaban J connectivity index is 2.36. The second-order valence-electron chi connectivity index (χ2n) is 3.91. The maximum Gasteiger partial charge on any atom is 0.220 e. The number of hydrogen-bond acceptors (Lipinski definition) is 1. The van der Waals surface area contributed by atoms with Gasteiger partial charge in [-0.25, -0.2) is 0 Å². The van der Waals surface area contributed by atoms with E-state index in [9.17, 15) is 4.79 Å².